The fraction of sp³-hybridized carbons (Fsp3) is 0.667. The molecule has 0 spiro atoms. The highest BCUT2D eigenvalue weighted by molar-refractivity contribution is 5.19. The molecule has 2 unspecified atom stereocenters. The van der Waals surface area contributed by atoms with Gasteiger partial charge in [0.05, 0.1) is 0 Å². The van der Waals surface area contributed by atoms with Crippen molar-refractivity contribution in [3.8, 4) is 0 Å². The Morgan fingerprint density at radius 3 is 2.62 bits per heavy atom. The third-order valence-electron chi connectivity index (χ3n) is 4.91. The summed E-state index contributed by atoms with van der Waals surface area (Å²) in [5.41, 5.74) is 1.46. The van der Waals surface area contributed by atoms with E-state index < -0.39 is 0 Å². The van der Waals surface area contributed by atoms with Crippen LogP contribution in [0.5, 0.6) is 0 Å². The first-order valence-corrected chi connectivity index (χ1v) is 8.66. The number of rotatable bonds is 6. The second-order valence-electron chi connectivity index (χ2n) is 6.47. The topological polar surface area (TPSA) is 27.3 Å². The van der Waals surface area contributed by atoms with E-state index in [1.807, 2.05) is 0 Å². The monoisotopic (exact) mass is 287 g/mol. The van der Waals surface area contributed by atoms with Crippen LogP contribution in [0.1, 0.15) is 43.7 Å². The average molecular weight is 287 g/mol. The lowest BCUT2D eigenvalue weighted by atomic mass is 10.0. The molecular weight excluding hydrogens is 258 g/mol. The van der Waals surface area contributed by atoms with Gasteiger partial charge in [-0.25, -0.2) is 0 Å². The zero-order chi connectivity index (χ0) is 14.3. The van der Waals surface area contributed by atoms with Crippen LogP contribution in [0, 0.1) is 0 Å². The van der Waals surface area contributed by atoms with E-state index in [1.54, 1.807) is 0 Å². The molecule has 1 aromatic carbocycles. The molecule has 1 aromatic rings. The molecular formula is C18H29N3. The van der Waals surface area contributed by atoms with Gasteiger partial charge in [0.1, 0.15) is 0 Å². The minimum Gasteiger partial charge on any atom is -0.313 e. The van der Waals surface area contributed by atoms with Gasteiger partial charge in [0.15, 0.2) is 0 Å². The molecule has 0 bridgehead atoms. The normalized spacial score (nSPS) is 25.0. The largest absolute Gasteiger partial charge is 0.313 e. The number of nitrogens with zero attached hydrogens (tertiary/aromatic N) is 1. The number of nitrogens with one attached hydrogen (secondary N) is 2. The summed E-state index contributed by atoms with van der Waals surface area (Å²) in [4.78, 5) is 2.65. The van der Waals surface area contributed by atoms with Crippen molar-refractivity contribution in [1.82, 2.24) is 15.5 Å². The second kappa shape index (κ2) is 7.92. The molecule has 2 aliphatic rings. The molecule has 116 valence electrons. The first-order chi connectivity index (χ1) is 10.4. The van der Waals surface area contributed by atoms with E-state index in [-0.39, 0.29) is 0 Å². The molecule has 3 heteroatoms. The maximum atomic E-state index is 3.73. The fourth-order valence-corrected chi connectivity index (χ4v) is 3.68. The summed E-state index contributed by atoms with van der Waals surface area (Å²) in [7, 11) is 0. The number of hydrogen-bond donors (Lipinski definition) is 2. The van der Waals surface area contributed by atoms with E-state index in [2.05, 4.69) is 45.9 Å². The Morgan fingerprint density at radius 2 is 1.90 bits per heavy atom. The van der Waals surface area contributed by atoms with E-state index in [0.29, 0.717) is 12.1 Å². The van der Waals surface area contributed by atoms with Crippen LogP contribution in [0.4, 0.5) is 0 Å². The number of hydrogen-bond acceptors (Lipinski definition) is 3. The summed E-state index contributed by atoms with van der Waals surface area (Å²) < 4.78 is 0. The van der Waals surface area contributed by atoms with Crippen molar-refractivity contribution < 1.29 is 0 Å². The quantitative estimate of drug-likeness (QED) is 0.842. The molecule has 0 saturated carbocycles. The van der Waals surface area contributed by atoms with Gasteiger partial charge < -0.3 is 10.6 Å². The Hall–Kier alpha value is -0.900. The van der Waals surface area contributed by atoms with Crippen LogP contribution in [0.15, 0.2) is 30.3 Å². The molecule has 0 amide bonds. The third-order valence-corrected chi connectivity index (χ3v) is 4.91. The summed E-state index contributed by atoms with van der Waals surface area (Å²) in [6.45, 7) is 5.88. The standard InChI is InChI=1S/C18H29N3/c1-2-8-16(9-3-1)18(21-12-6-7-13-21)15-19-14-17-10-4-5-11-20-17/h1-3,8-9,17-20H,4-7,10-15H2. The molecule has 2 fully saturated rings. The molecule has 2 aliphatic heterocycles. The molecule has 0 radical (unpaired) electrons. The van der Waals surface area contributed by atoms with E-state index in [0.717, 1.165) is 13.1 Å². The van der Waals surface area contributed by atoms with E-state index in [4.69, 9.17) is 0 Å². The minimum absolute atomic E-state index is 0.539. The van der Waals surface area contributed by atoms with Gasteiger partial charge in [-0.05, 0) is 50.9 Å². The van der Waals surface area contributed by atoms with Gasteiger partial charge in [0.25, 0.3) is 0 Å². The van der Waals surface area contributed by atoms with Crippen molar-refractivity contribution in [3.05, 3.63) is 35.9 Å². The smallest absolute Gasteiger partial charge is 0.0472 e. The van der Waals surface area contributed by atoms with Gasteiger partial charge in [-0.3, -0.25) is 4.90 Å². The fourth-order valence-electron chi connectivity index (χ4n) is 3.68. The third kappa shape index (κ3) is 4.29. The average Bonchev–Trinajstić information content (AvgIpc) is 3.07. The molecule has 2 N–H and O–H groups in total. The number of benzene rings is 1. The maximum absolute atomic E-state index is 3.73. The lowest BCUT2D eigenvalue weighted by Gasteiger charge is -2.30. The first-order valence-electron chi connectivity index (χ1n) is 8.66. The predicted octanol–water partition coefficient (Wildman–Crippen LogP) is 2.56. The van der Waals surface area contributed by atoms with Crippen LogP contribution in [-0.2, 0) is 0 Å². The Morgan fingerprint density at radius 1 is 1.10 bits per heavy atom. The SMILES string of the molecule is c1ccc(C(CNCC2CCCCN2)N2CCCC2)cc1. The number of likely N-dealkylation sites (tertiary alicyclic amines) is 1. The molecule has 2 heterocycles. The lowest BCUT2D eigenvalue weighted by Crippen LogP contribution is -2.44. The lowest BCUT2D eigenvalue weighted by molar-refractivity contribution is 0.235. The van der Waals surface area contributed by atoms with Crippen LogP contribution < -0.4 is 10.6 Å². The van der Waals surface area contributed by atoms with Crippen LogP contribution in [0.3, 0.4) is 0 Å². The highest BCUT2D eigenvalue weighted by Crippen LogP contribution is 2.24. The Bertz CT molecular complexity index is 394. The molecule has 21 heavy (non-hydrogen) atoms. The highest BCUT2D eigenvalue weighted by atomic mass is 15.2. The van der Waals surface area contributed by atoms with Gasteiger partial charge in [0.2, 0.25) is 0 Å². The zero-order valence-electron chi connectivity index (χ0n) is 13.1. The molecule has 2 atom stereocenters. The van der Waals surface area contributed by atoms with Gasteiger partial charge in [-0.1, -0.05) is 36.8 Å². The highest BCUT2D eigenvalue weighted by Gasteiger charge is 2.23. The Labute approximate surface area is 129 Å². The van der Waals surface area contributed by atoms with Crippen molar-refractivity contribution in [2.75, 3.05) is 32.7 Å². The van der Waals surface area contributed by atoms with Gasteiger partial charge in [0, 0.05) is 25.2 Å². The van der Waals surface area contributed by atoms with Crippen molar-refractivity contribution in [3.63, 3.8) is 0 Å². The van der Waals surface area contributed by atoms with Gasteiger partial charge in [-0.15, -0.1) is 0 Å². The van der Waals surface area contributed by atoms with Crippen molar-refractivity contribution in [1.29, 1.82) is 0 Å². The van der Waals surface area contributed by atoms with Crippen molar-refractivity contribution in [2.45, 2.75) is 44.2 Å². The van der Waals surface area contributed by atoms with Crippen molar-refractivity contribution in [2.24, 2.45) is 0 Å². The van der Waals surface area contributed by atoms with Gasteiger partial charge in [-0.2, -0.15) is 0 Å². The molecule has 3 nitrogen and oxygen atoms in total. The zero-order valence-corrected chi connectivity index (χ0v) is 13.1. The van der Waals surface area contributed by atoms with Gasteiger partial charge >= 0.3 is 0 Å². The maximum Gasteiger partial charge on any atom is 0.0472 e. The minimum atomic E-state index is 0.539. The summed E-state index contributed by atoms with van der Waals surface area (Å²) in [5, 5.41) is 7.35. The van der Waals surface area contributed by atoms with E-state index in [1.165, 1.54) is 57.3 Å². The number of piperidine rings is 1. The van der Waals surface area contributed by atoms with E-state index in [9.17, 15) is 0 Å². The summed E-state index contributed by atoms with van der Waals surface area (Å²) in [5.74, 6) is 0. The Kier molecular flexibility index (Phi) is 5.67. The predicted molar refractivity (Wildman–Crippen MR) is 88.5 cm³/mol. The summed E-state index contributed by atoms with van der Waals surface area (Å²) in [6, 6.07) is 12.2. The van der Waals surface area contributed by atoms with Crippen LogP contribution in [-0.4, -0.2) is 43.7 Å². The molecule has 3 rings (SSSR count). The van der Waals surface area contributed by atoms with Crippen LogP contribution in [0.25, 0.3) is 0 Å². The summed E-state index contributed by atoms with van der Waals surface area (Å²) in [6.07, 6.45) is 6.76. The molecule has 0 aliphatic carbocycles. The first kappa shape index (κ1) is 15.0. The van der Waals surface area contributed by atoms with Crippen LogP contribution >= 0.6 is 0 Å². The molecule has 2 saturated heterocycles. The second-order valence-corrected chi connectivity index (χ2v) is 6.47. The van der Waals surface area contributed by atoms with Crippen LogP contribution in [0.2, 0.25) is 0 Å². The Balaban J connectivity index is 1.54. The van der Waals surface area contributed by atoms with Crippen molar-refractivity contribution >= 4 is 0 Å². The van der Waals surface area contributed by atoms with E-state index >= 15 is 0 Å². The summed E-state index contributed by atoms with van der Waals surface area (Å²) >= 11 is 0. The molecule has 0 aromatic heterocycles.